The normalized spacial score (nSPS) is 12.9. The molecule has 0 bridgehead atoms. The molecule has 0 unspecified atom stereocenters. The van der Waals surface area contributed by atoms with Crippen LogP contribution in [0.4, 0.5) is 17.3 Å². The summed E-state index contributed by atoms with van der Waals surface area (Å²) in [6.07, 6.45) is 4.63. The van der Waals surface area contributed by atoms with Crippen LogP contribution in [0.15, 0.2) is 76.5 Å². The van der Waals surface area contributed by atoms with Crippen molar-refractivity contribution in [2.75, 3.05) is 5.32 Å². The van der Waals surface area contributed by atoms with Crippen LogP contribution in [0.3, 0.4) is 0 Å². The van der Waals surface area contributed by atoms with Gasteiger partial charge in [0.2, 0.25) is 0 Å². The van der Waals surface area contributed by atoms with Gasteiger partial charge in [0.25, 0.3) is 0 Å². The number of para-hydroxylation sites is 2. The maximum atomic E-state index is 13.2. The van der Waals surface area contributed by atoms with Gasteiger partial charge < -0.3 is 5.32 Å². The van der Waals surface area contributed by atoms with E-state index in [0.29, 0.717) is 16.9 Å². The summed E-state index contributed by atoms with van der Waals surface area (Å²) < 4.78 is 2.04. The Morgan fingerprint density at radius 1 is 0.963 bits per heavy atom. The van der Waals surface area contributed by atoms with E-state index in [1.54, 1.807) is 0 Å². The van der Waals surface area contributed by atoms with Crippen LogP contribution in [0, 0.1) is 6.92 Å². The molecule has 1 aliphatic rings. The molecule has 1 aromatic heterocycles. The van der Waals surface area contributed by atoms with Crippen molar-refractivity contribution in [2.45, 2.75) is 20.3 Å². The quantitative estimate of drug-likeness (QED) is 0.684. The molecule has 1 N–H and O–H groups in total. The van der Waals surface area contributed by atoms with Crippen LogP contribution in [0.2, 0.25) is 0 Å². The fourth-order valence-corrected chi connectivity index (χ4v) is 3.37. The molecular weight excluding hydrogens is 334 g/mol. The van der Waals surface area contributed by atoms with Crippen molar-refractivity contribution in [1.82, 2.24) is 4.57 Å². The second kappa shape index (κ2) is 7.08. The van der Waals surface area contributed by atoms with Crippen molar-refractivity contribution < 1.29 is 0 Å². The zero-order chi connectivity index (χ0) is 18.8. The van der Waals surface area contributed by atoms with Crippen LogP contribution >= 0.6 is 0 Å². The van der Waals surface area contributed by atoms with Gasteiger partial charge in [-0.2, -0.15) is 0 Å². The number of hydrogen-bond acceptors (Lipinski definition) is 3. The maximum Gasteiger partial charge on any atom is 0.196 e. The number of nitrogens with one attached hydrogen (secondary N) is 1. The van der Waals surface area contributed by atoms with Gasteiger partial charge in [-0.3, -0.25) is 9.36 Å². The summed E-state index contributed by atoms with van der Waals surface area (Å²) in [6.45, 7) is 3.85. The van der Waals surface area contributed by atoms with Gasteiger partial charge in [-0.25, -0.2) is 4.99 Å². The third-order valence-electron chi connectivity index (χ3n) is 4.77. The number of rotatable bonds is 3. The van der Waals surface area contributed by atoms with E-state index in [1.165, 1.54) is 0 Å². The molecule has 4 heteroatoms. The number of aromatic nitrogens is 1. The van der Waals surface area contributed by atoms with Gasteiger partial charge in [0.05, 0.1) is 5.56 Å². The number of aliphatic imine (C=N–C) groups is 1. The maximum absolute atomic E-state index is 13.2. The molecule has 3 aromatic rings. The van der Waals surface area contributed by atoms with E-state index >= 15 is 0 Å². The van der Waals surface area contributed by atoms with Crippen molar-refractivity contribution in [1.29, 1.82) is 0 Å². The van der Waals surface area contributed by atoms with E-state index in [2.05, 4.69) is 16.4 Å². The summed E-state index contributed by atoms with van der Waals surface area (Å²) in [5.74, 6) is 1.41. The molecule has 0 saturated carbocycles. The van der Waals surface area contributed by atoms with Crippen LogP contribution < -0.4 is 10.7 Å². The highest BCUT2D eigenvalue weighted by atomic mass is 16.1. The van der Waals surface area contributed by atoms with E-state index in [4.69, 9.17) is 0 Å². The van der Waals surface area contributed by atoms with Crippen molar-refractivity contribution in [3.05, 3.63) is 88.1 Å². The lowest BCUT2D eigenvalue weighted by molar-refractivity contribution is 1.01. The van der Waals surface area contributed by atoms with Gasteiger partial charge in [-0.15, -0.1) is 0 Å². The average molecular weight is 355 g/mol. The number of benzene rings is 2. The SMILES string of the molecule is CC1=CCC=Nc2c1c(=O)c(C)c(Nc1ccccc1)n2-c1ccccc1. The molecule has 0 amide bonds. The summed E-state index contributed by atoms with van der Waals surface area (Å²) in [7, 11) is 0. The highest BCUT2D eigenvalue weighted by Crippen LogP contribution is 2.34. The smallest absolute Gasteiger partial charge is 0.196 e. The van der Waals surface area contributed by atoms with Crippen LogP contribution in [-0.4, -0.2) is 10.8 Å². The Morgan fingerprint density at radius 2 is 1.63 bits per heavy atom. The molecule has 0 saturated heterocycles. The van der Waals surface area contributed by atoms with E-state index < -0.39 is 0 Å². The number of fused-ring (bicyclic) bond motifs is 1. The fraction of sp³-hybridized carbons (Fsp3) is 0.130. The van der Waals surface area contributed by atoms with Crippen LogP contribution in [-0.2, 0) is 0 Å². The summed E-state index contributed by atoms with van der Waals surface area (Å²) in [6, 6.07) is 19.9. The first-order valence-electron chi connectivity index (χ1n) is 9.03. The van der Waals surface area contributed by atoms with E-state index in [9.17, 15) is 4.79 Å². The van der Waals surface area contributed by atoms with E-state index in [1.807, 2.05) is 85.3 Å². The minimum absolute atomic E-state index is 0.0170. The van der Waals surface area contributed by atoms with Gasteiger partial charge in [-0.05, 0) is 43.7 Å². The number of hydrogen-bond donors (Lipinski definition) is 1. The third kappa shape index (κ3) is 3.10. The Hall–Kier alpha value is -3.40. The number of anilines is 2. The number of pyridine rings is 1. The molecule has 0 aliphatic carbocycles. The molecule has 4 nitrogen and oxygen atoms in total. The number of nitrogens with zero attached hydrogens (tertiary/aromatic N) is 2. The molecule has 0 radical (unpaired) electrons. The zero-order valence-electron chi connectivity index (χ0n) is 15.4. The predicted octanol–water partition coefficient (Wildman–Crippen LogP) is 5.40. The van der Waals surface area contributed by atoms with Gasteiger partial charge in [0.15, 0.2) is 5.43 Å². The highest BCUT2D eigenvalue weighted by Gasteiger charge is 2.22. The lowest BCUT2D eigenvalue weighted by atomic mass is 10.0. The Bertz CT molecular complexity index is 1090. The molecule has 0 fully saturated rings. The Morgan fingerprint density at radius 3 is 2.33 bits per heavy atom. The minimum atomic E-state index is 0.0170. The van der Waals surface area contributed by atoms with E-state index in [-0.39, 0.29) is 5.43 Å². The first-order chi connectivity index (χ1) is 13.2. The van der Waals surface area contributed by atoms with Gasteiger partial charge in [0.1, 0.15) is 11.6 Å². The summed E-state index contributed by atoms with van der Waals surface area (Å²) in [5.41, 5.74) is 4.21. The average Bonchev–Trinajstić information content (AvgIpc) is 2.89. The highest BCUT2D eigenvalue weighted by molar-refractivity contribution is 5.83. The predicted molar refractivity (Wildman–Crippen MR) is 113 cm³/mol. The Kier molecular flexibility index (Phi) is 4.47. The lowest BCUT2D eigenvalue weighted by Crippen LogP contribution is -2.19. The molecule has 0 spiro atoms. The lowest BCUT2D eigenvalue weighted by Gasteiger charge is -2.22. The molecule has 27 heavy (non-hydrogen) atoms. The molecule has 1 aliphatic heterocycles. The summed E-state index contributed by atoms with van der Waals surface area (Å²) in [4.78, 5) is 17.9. The monoisotopic (exact) mass is 355 g/mol. The topological polar surface area (TPSA) is 46.4 Å². The molecule has 4 rings (SSSR count). The standard InChI is InChI=1S/C23H21N3O/c1-16-10-9-15-24-23-20(16)21(27)17(2)22(25-18-11-5-3-6-12-18)26(23)19-13-7-4-8-14-19/h3-8,10-15,25H,9H2,1-2H3. The second-order valence-corrected chi connectivity index (χ2v) is 6.60. The van der Waals surface area contributed by atoms with Gasteiger partial charge in [-0.1, -0.05) is 42.5 Å². The second-order valence-electron chi connectivity index (χ2n) is 6.60. The molecule has 2 aromatic carbocycles. The van der Waals surface area contributed by atoms with Gasteiger partial charge in [0, 0.05) is 29.6 Å². The number of allylic oxidation sites excluding steroid dienone is 2. The molecule has 2 heterocycles. The summed E-state index contributed by atoms with van der Waals surface area (Å²) >= 11 is 0. The summed E-state index contributed by atoms with van der Waals surface area (Å²) in [5, 5.41) is 3.44. The molecule has 0 atom stereocenters. The molecule has 134 valence electrons. The van der Waals surface area contributed by atoms with Crippen molar-refractivity contribution >= 4 is 29.1 Å². The van der Waals surface area contributed by atoms with Crippen LogP contribution in [0.25, 0.3) is 11.3 Å². The zero-order valence-corrected chi connectivity index (χ0v) is 15.4. The van der Waals surface area contributed by atoms with Gasteiger partial charge >= 0.3 is 0 Å². The van der Waals surface area contributed by atoms with Crippen molar-refractivity contribution in [3.8, 4) is 5.69 Å². The Balaban J connectivity index is 2.06. The largest absolute Gasteiger partial charge is 0.341 e. The fourth-order valence-electron chi connectivity index (χ4n) is 3.37. The van der Waals surface area contributed by atoms with Crippen LogP contribution in [0.5, 0.6) is 0 Å². The third-order valence-corrected chi connectivity index (χ3v) is 4.77. The minimum Gasteiger partial charge on any atom is -0.341 e. The van der Waals surface area contributed by atoms with Crippen molar-refractivity contribution in [3.63, 3.8) is 0 Å². The first kappa shape index (κ1) is 17.0. The van der Waals surface area contributed by atoms with Crippen LogP contribution in [0.1, 0.15) is 24.5 Å². The Labute approximate surface area is 158 Å². The van der Waals surface area contributed by atoms with Crippen molar-refractivity contribution in [2.24, 2.45) is 4.99 Å². The first-order valence-corrected chi connectivity index (χ1v) is 9.03. The van der Waals surface area contributed by atoms with E-state index in [0.717, 1.165) is 29.2 Å². The molecular formula is C23H21N3O.